The Morgan fingerprint density at radius 1 is 1.16 bits per heavy atom. The molecule has 2 heterocycles. The zero-order valence-corrected chi connectivity index (χ0v) is 14.9. The minimum atomic E-state index is 0.0890. The molecule has 5 heteroatoms. The van der Waals surface area contributed by atoms with Gasteiger partial charge < -0.3 is 10.2 Å². The van der Waals surface area contributed by atoms with Gasteiger partial charge in [0.25, 0.3) is 5.91 Å². The van der Waals surface area contributed by atoms with E-state index in [1.165, 1.54) is 21.0 Å². The van der Waals surface area contributed by atoms with Crippen molar-refractivity contribution < 1.29 is 9.69 Å². The number of likely N-dealkylation sites (tertiary alicyclic amines) is 1. The summed E-state index contributed by atoms with van der Waals surface area (Å²) in [6, 6.07) is 18.0. The highest BCUT2D eigenvalue weighted by atomic mass is 32.1. The topological polar surface area (TPSA) is 46.4 Å². The van der Waals surface area contributed by atoms with Crippen molar-refractivity contribution in [1.29, 1.82) is 0 Å². The molecule has 2 atom stereocenters. The van der Waals surface area contributed by atoms with Crippen LogP contribution in [0.3, 0.4) is 0 Å². The van der Waals surface area contributed by atoms with Crippen molar-refractivity contribution in [3.8, 4) is 0 Å². The van der Waals surface area contributed by atoms with Crippen LogP contribution in [0.4, 0.5) is 5.69 Å². The third-order valence-corrected chi connectivity index (χ3v) is 5.94. The Morgan fingerprint density at radius 3 is 2.80 bits per heavy atom. The summed E-state index contributed by atoms with van der Waals surface area (Å²) >= 11 is 1.80. The van der Waals surface area contributed by atoms with Gasteiger partial charge in [0, 0.05) is 5.69 Å². The van der Waals surface area contributed by atoms with E-state index in [2.05, 4.69) is 23.5 Å². The van der Waals surface area contributed by atoms with Crippen LogP contribution >= 0.6 is 11.3 Å². The molecular weight excluding hydrogens is 330 g/mol. The highest BCUT2D eigenvalue weighted by molar-refractivity contribution is 7.18. The second kappa shape index (κ2) is 7.33. The molecule has 0 bridgehead atoms. The lowest BCUT2D eigenvalue weighted by molar-refractivity contribution is -0.898. The number of hydrogen-bond donors (Lipinski definition) is 2. The van der Waals surface area contributed by atoms with Crippen molar-refractivity contribution in [2.75, 3.05) is 25.0 Å². The average molecular weight is 352 g/mol. The molecule has 1 aliphatic rings. The zero-order valence-electron chi connectivity index (χ0n) is 14.1. The lowest BCUT2D eigenvalue weighted by atomic mass is 9.99. The molecule has 1 unspecified atom stereocenters. The third kappa shape index (κ3) is 3.89. The molecule has 1 fully saturated rings. The highest BCUT2D eigenvalue weighted by Crippen LogP contribution is 2.30. The molecule has 0 aliphatic carbocycles. The molecule has 0 radical (unpaired) electrons. The van der Waals surface area contributed by atoms with Crippen LogP contribution in [0.2, 0.25) is 0 Å². The highest BCUT2D eigenvalue weighted by Gasteiger charge is 2.28. The molecule has 0 saturated carbocycles. The van der Waals surface area contributed by atoms with Crippen molar-refractivity contribution in [3.05, 3.63) is 59.6 Å². The van der Waals surface area contributed by atoms with Crippen molar-refractivity contribution in [3.63, 3.8) is 0 Å². The van der Waals surface area contributed by atoms with E-state index in [1.54, 1.807) is 11.3 Å². The van der Waals surface area contributed by atoms with Crippen molar-refractivity contribution in [1.82, 2.24) is 4.98 Å². The normalized spacial score (nSPS) is 20.5. The lowest BCUT2D eigenvalue weighted by Gasteiger charge is -2.28. The van der Waals surface area contributed by atoms with Crippen LogP contribution in [0.25, 0.3) is 10.2 Å². The number of fused-ring (bicyclic) bond motifs is 1. The summed E-state index contributed by atoms with van der Waals surface area (Å²) in [5.41, 5.74) is 1.96. The molecule has 128 valence electrons. The Morgan fingerprint density at radius 2 is 1.96 bits per heavy atom. The van der Waals surface area contributed by atoms with Crippen LogP contribution in [0.15, 0.2) is 54.6 Å². The number of quaternary nitrogens is 1. The van der Waals surface area contributed by atoms with E-state index in [0.717, 1.165) is 30.7 Å². The van der Waals surface area contributed by atoms with E-state index in [-0.39, 0.29) is 5.91 Å². The molecular formula is C20H22N3OS+. The average Bonchev–Trinajstić information content (AvgIpc) is 3.07. The van der Waals surface area contributed by atoms with E-state index < -0.39 is 0 Å². The van der Waals surface area contributed by atoms with Crippen LogP contribution in [0.1, 0.15) is 23.8 Å². The Bertz CT molecular complexity index is 829. The fourth-order valence-corrected chi connectivity index (χ4v) is 4.64. The molecule has 0 spiro atoms. The summed E-state index contributed by atoms with van der Waals surface area (Å²) in [5, 5.41) is 4.22. The van der Waals surface area contributed by atoms with E-state index in [4.69, 9.17) is 4.98 Å². The first kappa shape index (κ1) is 16.2. The maximum absolute atomic E-state index is 12.3. The SMILES string of the molecule is O=C(C[NH+]1CCC[C@@H](c2nc3ccccc3s2)C1)Nc1ccccc1. The minimum Gasteiger partial charge on any atom is -0.327 e. The maximum atomic E-state index is 12.3. The molecule has 2 aromatic carbocycles. The number of carbonyl (C=O) groups excluding carboxylic acids is 1. The van der Waals surface area contributed by atoms with Gasteiger partial charge in [0.2, 0.25) is 0 Å². The fourth-order valence-electron chi connectivity index (χ4n) is 3.54. The quantitative estimate of drug-likeness (QED) is 0.758. The van der Waals surface area contributed by atoms with Gasteiger partial charge in [-0.15, -0.1) is 11.3 Å². The first-order valence-corrected chi connectivity index (χ1v) is 9.63. The van der Waals surface area contributed by atoms with Crippen LogP contribution < -0.4 is 10.2 Å². The second-order valence-electron chi connectivity index (χ2n) is 6.65. The standard InChI is InChI=1S/C20H21N3OS/c24-19(21-16-8-2-1-3-9-16)14-23-12-6-7-15(13-23)20-22-17-10-4-5-11-18(17)25-20/h1-5,8-11,15H,6-7,12-14H2,(H,21,24)/p+1/t15-/m1/s1. The number of nitrogens with zero attached hydrogens (tertiary/aromatic N) is 1. The summed E-state index contributed by atoms with van der Waals surface area (Å²) < 4.78 is 1.26. The second-order valence-corrected chi connectivity index (χ2v) is 7.72. The molecule has 1 amide bonds. The number of hydrogen-bond acceptors (Lipinski definition) is 3. The van der Waals surface area contributed by atoms with Crippen LogP contribution in [-0.2, 0) is 4.79 Å². The number of amides is 1. The number of nitrogens with one attached hydrogen (secondary N) is 2. The predicted molar refractivity (Wildman–Crippen MR) is 102 cm³/mol. The van der Waals surface area contributed by atoms with Gasteiger partial charge in [0.1, 0.15) is 5.01 Å². The van der Waals surface area contributed by atoms with Crippen molar-refractivity contribution in [2.45, 2.75) is 18.8 Å². The number of aromatic nitrogens is 1. The smallest absolute Gasteiger partial charge is 0.279 e. The Kier molecular flexibility index (Phi) is 4.76. The molecule has 4 rings (SSSR count). The van der Waals surface area contributed by atoms with Gasteiger partial charge in [-0.3, -0.25) is 4.79 Å². The van der Waals surface area contributed by atoms with Crippen molar-refractivity contribution >= 4 is 33.1 Å². The van der Waals surface area contributed by atoms with Gasteiger partial charge in [-0.2, -0.15) is 0 Å². The summed E-state index contributed by atoms with van der Waals surface area (Å²) in [5.74, 6) is 0.553. The summed E-state index contributed by atoms with van der Waals surface area (Å²) in [7, 11) is 0. The number of thiazole rings is 1. The fraction of sp³-hybridized carbons (Fsp3) is 0.300. The van der Waals surface area contributed by atoms with Crippen LogP contribution in [0, 0.1) is 0 Å². The Balaban J connectivity index is 1.39. The van der Waals surface area contributed by atoms with Gasteiger partial charge in [0.05, 0.1) is 29.2 Å². The molecule has 1 saturated heterocycles. The van der Waals surface area contributed by atoms with Crippen LogP contribution in [-0.4, -0.2) is 30.5 Å². The molecule has 4 nitrogen and oxygen atoms in total. The van der Waals surface area contributed by atoms with Gasteiger partial charge in [0.15, 0.2) is 6.54 Å². The van der Waals surface area contributed by atoms with Crippen LogP contribution in [0.5, 0.6) is 0 Å². The predicted octanol–water partition coefficient (Wildman–Crippen LogP) is 2.70. The summed E-state index contributed by atoms with van der Waals surface area (Å²) in [4.78, 5) is 18.5. The first-order chi connectivity index (χ1) is 12.3. The Hall–Kier alpha value is -2.24. The van der Waals surface area contributed by atoms with E-state index in [0.29, 0.717) is 12.5 Å². The molecule has 25 heavy (non-hydrogen) atoms. The lowest BCUT2D eigenvalue weighted by Crippen LogP contribution is -3.14. The van der Waals surface area contributed by atoms with Crippen molar-refractivity contribution in [2.24, 2.45) is 0 Å². The van der Waals surface area contributed by atoms with Gasteiger partial charge in [-0.05, 0) is 37.1 Å². The van der Waals surface area contributed by atoms with E-state index in [1.807, 2.05) is 36.4 Å². The summed E-state index contributed by atoms with van der Waals surface area (Å²) in [6.45, 7) is 2.57. The van der Waals surface area contributed by atoms with E-state index >= 15 is 0 Å². The molecule has 1 aromatic heterocycles. The third-order valence-electron chi connectivity index (χ3n) is 4.75. The minimum absolute atomic E-state index is 0.0890. The number of carbonyl (C=O) groups is 1. The Labute approximate surface area is 151 Å². The van der Waals surface area contributed by atoms with E-state index in [9.17, 15) is 4.79 Å². The number of benzene rings is 2. The van der Waals surface area contributed by atoms with Gasteiger partial charge >= 0.3 is 0 Å². The monoisotopic (exact) mass is 352 g/mol. The summed E-state index contributed by atoms with van der Waals surface area (Å²) in [6.07, 6.45) is 2.32. The zero-order chi connectivity index (χ0) is 17.1. The molecule has 3 aromatic rings. The largest absolute Gasteiger partial charge is 0.327 e. The first-order valence-electron chi connectivity index (χ1n) is 8.82. The van der Waals surface area contributed by atoms with Gasteiger partial charge in [-0.25, -0.2) is 4.98 Å². The van der Waals surface area contributed by atoms with Gasteiger partial charge in [-0.1, -0.05) is 30.3 Å². The number of rotatable bonds is 4. The maximum Gasteiger partial charge on any atom is 0.279 e. The molecule has 1 aliphatic heterocycles. The number of anilines is 1. The molecule has 2 N–H and O–H groups in total. The number of para-hydroxylation sites is 2. The number of piperidine rings is 1.